The molecule has 1 aromatic rings. The maximum absolute atomic E-state index is 12.3. The van der Waals surface area contributed by atoms with Gasteiger partial charge in [-0.25, -0.2) is 0 Å². The monoisotopic (exact) mass is 290 g/mol. The van der Waals surface area contributed by atoms with Crippen LogP contribution in [-0.2, 0) is 4.79 Å². The van der Waals surface area contributed by atoms with Crippen LogP contribution in [0.4, 0.5) is 0 Å². The fraction of sp³-hybridized carbons (Fsp3) is 0.588. The average molecular weight is 290 g/mol. The number of likely N-dealkylation sites (tertiary alicyclic amines) is 1. The van der Waals surface area contributed by atoms with Gasteiger partial charge in [-0.05, 0) is 44.9 Å². The van der Waals surface area contributed by atoms with Crippen LogP contribution in [0.3, 0.4) is 0 Å². The number of hydrogen-bond acceptors (Lipinski definition) is 3. The molecule has 0 saturated carbocycles. The third kappa shape index (κ3) is 4.46. The molecule has 0 aromatic heterocycles. The van der Waals surface area contributed by atoms with Gasteiger partial charge < -0.3 is 15.0 Å². The molecule has 0 bridgehead atoms. The van der Waals surface area contributed by atoms with Crippen molar-refractivity contribution in [2.24, 2.45) is 0 Å². The molecule has 4 heteroatoms. The van der Waals surface area contributed by atoms with Crippen LogP contribution in [-0.4, -0.2) is 43.6 Å². The van der Waals surface area contributed by atoms with E-state index in [4.69, 9.17) is 4.74 Å². The Bertz CT molecular complexity index is 462. The number of para-hydroxylation sites is 1. The van der Waals surface area contributed by atoms with Gasteiger partial charge in [0.15, 0.2) is 0 Å². The molecule has 1 heterocycles. The molecule has 1 aromatic carbocycles. The zero-order valence-corrected chi connectivity index (χ0v) is 13.1. The first-order valence-electron chi connectivity index (χ1n) is 7.85. The molecule has 1 amide bonds. The quantitative estimate of drug-likeness (QED) is 0.784. The fourth-order valence-corrected chi connectivity index (χ4v) is 2.88. The molecule has 4 nitrogen and oxygen atoms in total. The Hall–Kier alpha value is -1.55. The molecular formula is C17H26N2O2. The summed E-state index contributed by atoms with van der Waals surface area (Å²) in [6, 6.07) is 8.36. The summed E-state index contributed by atoms with van der Waals surface area (Å²) in [4.78, 5) is 14.3. The number of benzene rings is 1. The van der Waals surface area contributed by atoms with E-state index in [1.807, 2.05) is 43.1 Å². The number of rotatable bonds is 7. The molecule has 1 fully saturated rings. The maximum Gasteiger partial charge on any atom is 0.222 e. The Labute approximate surface area is 127 Å². The van der Waals surface area contributed by atoms with Gasteiger partial charge in [0.2, 0.25) is 5.91 Å². The van der Waals surface area contributed by atoms with Crippen LogP contribution in [0.5, 0.6) is 5.75 Å². The Morgan fingerprint density at radius 3 is 3.00 bits per heavy atom. The maximum atomic E-state index is 12.3. The number of nitrogens with zero attached hydrogens (tertiary/aromatic N) is 1. The predicted octanol–water partition coefficient (Wildman–Crippen LogP) is 2.36. The Morgan fingerprint density at radius 1 is 1.43 bits per heavy atom. The highest BCUT2D eigenvalue weighted by atomic mass is 16.5. The fourth-order valence-electron chi connectivity index (χ4n) is 2.88. The van der Waals surface area contributed by atoms with Crippen LogP contribution in [0.1, 0.15) is 31.2 Å². The Kier molecular flexibility index (Phi) is 6.05. The normalized spacial score (nSPS) is 18.0. The van der Waals surface area contributed by atoms with Crippen LogP contribution >= 0.6 is 0 Å². The molecule has 0 aliphatic carbocycles. The van der Waals surface area contributed by atoms with E-state index in [1.165, 1.54) is 0 Å². The molecule has 0 spiro atoms. The van der Waals surface area contributed by atoms with E-state index in [-0.39, 0.29) is 5.91 Å². The van der Waals surface area contributed by atoms with E-state index < -0.39 is 0 Å². The zero-order valence-electron chi connectivity index (χ0n) is 13.1. The topological polar surface area (TPSA) is 41.6 Å². The summed E-state index contributed by atoms with van der Waals surface area (Å²) in [7, 11) is 1.94. The smallest absolute Gasteiger partial charge is 0.222 e. The second-order valence-electron chi connectivity index (χ2n) is 5.66. The number of amides is 1. The standard InChI is InChI=1S/C17H26N2O2/c1-14-7-3-4-9-16(14)21-12-6-10-17(20)19-11-5-8-15(19)13-18-2/h3-4,7,9,15,18H,5-6,8,10-13H2,1-2H3. The summed E-state index contributed by atoms with van der Waals surface area (Å²) in [5, 5.41) is 3.17. The minimum Gasteiger partial charge on any atom is -0.493 e. The SMILES string of the molecule is CNCC1CCCN1C(=O)CCCOc1ccccc1C. The van der Waals surface area contributed by atoms with Crippen molar-refractivity contribution < 1.29 is 9.53 Å². The van der Waals surface area contributed by atoms with Crippen LogP contribution in [0, 0.1) is 6.92 Å². The van der Waals surface area contributed by atoms with Gasteiger partial charge in [0.25, 0.3) is 0 Å². The number of aryl methyl sites for hydroxylation is 1. The third-order valence-corrected chi connectivity index (χ3v) is 4.02. The minimum atomic E-state index is 0.265. The number of likely N-dealkylation sites (N-methyl/N-ethyl adjacent to an activating group) is 1. The van der Waals surface area contributed by atoms with Gasteiger partial charge in [-0.15, -0.1) is 0 Å². The molecule has 1 aliphatic heterocycles. The molecule has 1 atom stereocenters. The lowest BCUT2D eigenvalue weighted by Gasteiger charge is -2.24. The zero-order chi connectivity index (χ0) is 15.1. The molecule has 1 N–H and O–H groups in total. The van der Waals surface area contributed by atoms with Crippen LogP contribution in [0.15, 0.2) is 24.3 Å². The Morgan fingerprint density at radius 2 is 2.24 bits per heavy atom. The summed E-state index contributed by atoms with van der Waals surface area (Å²) in [6.07, 6.45) is 3.59. The van der Waals surface area contributed by atoms with E-state index in [0.717, 1.165) is 43.7 Å². The van der Waals surface area contributed by atoms with Gasteiger partial charge in [0.1, 0.15) is 5.75 Å². The van der Waals surface area contributed by atoms with Gasteiger partial charge in [-0.1, -0.05) is 18.2 Å². The summed E-state index contributed by atoms with van der Waals surface area (Å²) < 4.78 is 5.74. The van der Waals surface area contributed by atoms with Crippen molar-refractivity contribution in [2.45, 2.75) is 38.6 Å². The Balaban J connectivity index is 1.71. The van der Waals surface area contributed by atoms with Gasteiger partial charge in [0.05, 0.1) is 6.61 Å². The van der Waals surface area contributed by atoms with E-state index in [2.05, 4.69) is 5.32 Å². The second-order valence-corrected chi connectivity index (χ2v) is 5.66. The third-order valence-electron chi connectivity index (χ3n) is 4.02. The lowest BCUT2D eigenvalue weighted by Crippen LogP contribution is -2.40. The number of hydrogen-bond donors (Lipinski definition) is 1. The minimum absolute atomic E-state index is 0.265. The lowest BCUT2D eigenvalue weighted by molar-refractivity contribution is -0.132. The van der Waals surface area contributed by atoms with Crippen LogP contribution in [0.25, 0.3) is 0 Å². The molecule has 116 valence electrons. The van der Waals surface area contributed by atoms with Gasteiger partial charge in [-0.3, -0.25) is 4.79 Å². The first-order chi connectivity index (χ1) is 10.2. The molecule has 1 saturated heterocycles. The first kappa shape index (κ1) is 15.8. The van der Waals surface area contributed by atoms with Crippen molar-refractivity contribution in [3.63, 3.8) is 0 Å². The molecule has 1 aliphatic rings. The van der Waals surface area contributed by atoms with E-state index in [1.54, 1.807) is 0 Å². The van der Waals surface area contributed by atoms with E-state index in [0.29, 0.717) is 19.1 Å². The van der Waals surface area contributed by atoms with E-state index in [9.17, 15) is 4.79 Å². The summed E-state index contributed by atoms with van der Waals surface area (Å²) in [5.74, 6) is 1.18. The highest BCUT2D eigenvalue weighted by Crippen LogP contribution is 2.19. The molecule has 2 rings (SSSR count). The summed E-state index contributed by atoms with van der Waals surface area (Å²) in [5.41, 5.74) is 1.14. The lowest BCUT2D eigenvalue weighted by atomic mass is 10.2. The van der Waals surface area contributed by atoms with Gasteiger partial charge in [-0.2, -0.15) is 0 Å². The van der Waals surface area contributed by atoms with Crippen molar-refractivity contribution >= 4 is 5.91 Å². The van der Waals surface area contributed by atoms with Gasteiger partial charge in [0, 0.05) is 25.6 Å². The largest absolute Gasteiger partial charge is 0.493 e. The highest BCUT2D eigenvalue weighted by molar-refractivity contribution is 5.76. The van der Waals surface area contributed by atoms with Crippen molar-refractivity contribution in [1.29, 1.82) is 0 Å². The highest BCUT2D eigenvalue weighted by Gasteiger charge is 2.27. The second kappa shape index (κ2) is 8.03. The average Bonchev–Trinajstić information content (AvgIpc) is 2.94. The number of carbonyl (C=O) groups excluding carboxylic acids is 1. The number of carbonyl (C=O) groups is 1. The number of nitrogens with one attached hydrogen (secondary N) is 1. The molecule has 0 radical (unpaired) electrons. The first-order valence-corrected chi connectivity index (χ1v) is 7.85. The number of ether oxygens (including phenoxy) is 1. The van der Waals surface area contributed by atoms with Crippen molar-refractivity contribution in [2.75, 3.05) is 26.7 Å². The molecule has 1 unspecified atom stereocenters. The summed E-state index contributed by atoms with van der Waals surface area (Å²) >= 11 is 0. The predicted molar refractivity (Wildman–Crippen MR) is 84.6 cm³/mol. The van der Waals surface area contributed by atoms with Crippen molar-refractivity contribution in [1.82, 2.24) is 10.2 Å². The van der Waals surface area contributed by atoms with Gasteiger partial charge >= 0.3 is 0 Å². The van der Waals surface area contributed by atoms with Crippen LogP contribution < -0.4 is 10.1 Å². The van der Waals surface area contributed by atoms with Crippen molar-refractivity contribution in [3.05, 3.63) is 29.8 Å². The summed E-state index contributed by atoms with van der Waals surface area (Å²) in [6.45, 7) is 4.43. The van der Waals surface area contributed by atoms with Crippen LogP contribution in [0.2, 0.25) is 0 Å². The molecule has 21 heavy (non-hydrogen) atoms. The van der Waals surface area contributed by atoms with Crippen molar-refractivity contribution in [3.8, 4) is 5.75 Å². The molecular weight excluding hydrogens is 264 g/mol. The van der Waals surface area contributed by atoms with E-state index >= 15 is 0 Å².